The lowest BCUT2D eigenvalue weighted by atomic mass is 9.96. The Bertz CT molecular complexity index is 1450. The maximum Gasteiger partial charge on any atom is 0.261 e. The summed E-state index contributed by atoms with van der Waals surface area (Å²) in [6.45, 7) is 4.48. The zero-order valence-electron chi connectivity index (χ0n) is 21.3. The van der Waals surface area contributed by atoms with Crippen LogP contribution in [0.3, 0.4) is 0 Å². The summed E-state index contributed by atoms with van der Waals surface area (Å²) in [6, 6.07) is 34.4. The molecule has 0 aliphatic carbocycles. The summed E-state index contributed by atoms with van der Waals surface area (Å²) >= 11 is 0. The molecule has 0 radical (unpaired) electrons. The molecular formula is C31H31N3O3S. The number of hydrogen-bond donors (Lipinski definition) is 1. The standard InChI is InChI=1S/C31H31N3O3S/c1-24-17-18-27(23-29(24)32-38(36,37)28-15-9-4-10-16-28)31(35)34-21-19-33(20-22-34)30(25-11-5-2-6-12-25)26-13-7-3-8-14-26/h2-18,23,30,32H,19-22H2,1H3. The van der Waals surface area contributed by atoms with Crippen molar-refractivity contribution in [2.24, 2.45) is 0 Å². The van der Waals surface area contributed by atoms with E-state index in [-0.39, 0.29) is 16.8 Å². The minimum atomic E-state index is -3.75. The Labute approximate surface area is 224 Å². The average molecular weight is 526 g/mol. The van der Waals surface area contributed by atoms with E-state index in [2.05, 4.69) is 58.2 Å². The molecule has 1 amide bonds. The van der Waals surface area contributed by atoms with Crippen LogP contribution in [0.5, 0.6) is 0 Å². The van der Waals surface area contributed by atoms with Gasteiger partial charge in [0.1, 0.15) is 0 Å². The van der Waals surface area contributed by atoms with Crippen molar-refractivity contribution < 1.29 is 13.2 Å². The predicted octanol–water partition coefficient (Wildman–Crippen LogP) is 5.34. The van der Waals surface area contributed by atoms with Gasteiger partial charge in [0.05, 0.1) is 16.6 Å². The smallest absolute Gasteiger partial charge is 0.261 e. The quantitative estimate of drug-likeness (QED) is 0.354. The highest BCUT2D eigenvalue weighted by atomic mass is 32.2. The van der Waals surface area contributed by atoms with E-state index in [9.17, 15) is 13.2 Å². The van der Waals surface area contributed by atoms with Gasteiger partial charge in [-0.3, -0.25) is 14.4 Å². The van der Waals surface area contributed by atoms with Gasteiger partial charge in [-0.2, -0.15) is 0 Å². The van der Waals surface area contributed by atoms with Crippen molar-refractivity contribution in [2.75, 3.05) is 30.9 Å². The van der Waals surface area contributed by atoms with Gasteiger partial charge in [0.2, 0.25) is 0 Å². The molecule has 0 spiro atoms. The summed E-state index contributed by atoms with van der Waals surface area (Å²) in [5, 5.41) is 0. The summed E-state index contributed by atoms with van der Waals surface area (Å²) in [7, 11) is -3.75. The highest BCUT2D eigenvalue weighted by Crippen LogP contribution is 2.30. The molecule has 1 aliphatic heterocycles. The second-order valence-electron chi connectivity index (χ2n) is 9.50. The van der Waals surface area contributed by atoms with Gasteiger partial charge in [0.25, 0.3) is 15.9 Å². The monoisotopic (exact) mass is 525 g/mol. The zero-order chi connectivity index (χ0) is 26.5. The van der Waals surface area contributed by atoms with Crippen molar-refractivity contribution >= 4 is 21.6 Å². The van der Waals surface area contributed by atoms with Crippen molar-refractivity contribution in [1.29, 1.82) is 0 Å². The number of sulfonamides is 1. The second-order valence-corrected chi connectivity index (χ2v) is 11.2. The molecule has 1 saturated heterocycles. The van der Waals surface area contributed by atoms with E-state index >= 15 is 0 Å². The molecule has 7 heteroatoms. The topological polar surface area (TPSA) is 69.7 Å². The lowest BCUT2D eigenvalue weighted by molar-refractivity contribution is 0.0597. The van der Waals surface area contributed by atoms with Crippen LogP contribution in [0.2, 0.25) is 0 Å². The molecule has 0 atom stereocenters. The van der Waals surface area contributed by atoms with E-state index in [1.165, 1.54) is 11.1 Å². The van der Waals surface area contributed by atoms with E-state index < -0.39 is 10.0 Å². The van der Waals surface area contributed by atoms with Gasteiger partial charge in [-0.25, -0.2) is 8.42 Å². The summed E-state index contributed by atoms with van der Waals surface area (Å²) in [5.41, 5.74) is 4.09. The van der Waals surface area contributed by atoms with Gasteiger partial charge in [-0.1, -0.05) is 84.9 Å². The average Bonchev–Trinajstić information content (AvgIpc) is 2.96. The largest absolute Gasteiger partial charge is 0.336 e. The van der Waals surface area contributed by atoms with Gasteiger partial charge < -0.3 is 4.90 Å². The van der Waals surface area contributed by atoms with Crippen LogP contribution in [0.25, 0.3) is 0 Å². The van der Waals surface area contributed by atoms with Crippen molar-refractivity contribution in [3.63, 3.8) is 0 Å². The Morgan fingerprint density at radius 1 is 0.737 bits per heavy atom. The van der Waals surface area contributed by atoms with Crippen LogP contribution in [0.15, 0.2) is 114 Å². The van der Waals surface area contributed by atoms with Crippen molar-refractivity contribution in [1.82, 2.24) is 9.80 Å². The Kier molecular flexibility index (Phi) is 7.58. The Hall–Kier alpha value is -3.94. The fraction of sp³-hybridized carbons (Fsp3) is 0.194. The third-order valence-corrected chi connectivity index (χ3v) is 8.36. The molecule has 38 heavy (non-hydrogen) atoms. The van der Waals surface area contributed by atoms with Gasteiger partial charge >= 0.3 is 0 Å². The van der Waals surface area contributed by atoms with Crippen LogP contribution in [0.4, 0.5) is 5.69 Å². The van der Waals surface area contributed by atoms with Crippen LogP contribution in [-0.2, 0) is 10.0 Å². The number of amides is 1. The number of benzene rings is 4. The molecular weight excluding hydrogens is 494 g/mol. The molecule has 194 valence electrons. The van der Waals surface area contributed by atoms with E-state index in [0.29, 0.717) is 24.3 Å². The highest BCUT2D eigenvalue weighted by molar-refractivity contribution is 7.92. The van der Waals surface area contributed by atoms with E-state index in [1.54, 1.807) is 48.5 Å². The third-order valence-electron chi connectivity index (χ3n) is 6.98. The van der Waals surface area contributed by atoms with Gasteiger partial charge in [-0.05, 0) is 47.9 Å². The van der Waals surface area contributed by atoms with Gasteiger partial charge in [0, 0.05) is 31.7 Å². The Balaban J connectivity index is 1.31. The number of aryl methyl sites for hydroxylation is 1. The maximum atomic E-state index is 13.4. The second kappa shape index (κ2) is 11.2. The number of piperazine rings is 1. The summed E-state index contributed by atoms with van der Waals surface area (Å²) in [4.78, 5) is 17.9. The highest BCUT2D eigenvalue weighted by Gasteiger charge is 2.29. The summed E-state index contributed by atoms with van der Waals surface area (Å²) < 4.78 is 28.4. The molecule has 5 rings (SSSR count). The Morgan fingerprint density at radius 3 is 1.82 bits per heavy atom. The van der Waals surface area contributed by atoms with Crippen LogP contribution < -0.4 is 4.72 Å². The third kappa shape index (κ3) is 5.64. The maximum absolute atomic E-state index is 13.4. The SMILES string of the molecule is Cc1ccc(C(=O)N2CCN(C(c3ccccc3)c3ccccc3)CC2)cc1NS(=O)(=O)c1ccccc1. The van der Waals surface area contributed by atoms with Crippen molar-refractivity contribution in [3.05, 3.63) is 131 Å². The molecule has 0 saturated carbocycles. The lowest BCUT2D eigenvalue weighted by Gasteiger charge is -2.40. The fourth-order valence-electron chi connectivity index (χ4n) is 4.92. The first-order chi connectivity index (χ1) is 18.4. The number of carbonyl (C=O) groups excluding carboxylic acids is 1. The first kappa shape index (κ1) is 25.7. The van der Waals surface area contributed by atoms with E-state index in [4.69, 9.17) is 0 Å². The molecule has 4 aromatic carbocycles. The molecule has 0 unspecified atom stereocenters. The molecule has 0 bridgehead atoms. The van der Waals surface area contributed by atoms with Gasteiger partial charge in [-0.15, -0.1) is 0 Å². The van der Waals surface area contributed by atoms with E-state index in [0.717, 1.165) is 18.7 Å². The van der Waals surface area contributed by atoms with E-state index in [1.807, 2.05) is 24.0 Å². The minimum Gasteiger partial charge on any atom is -0.336 e. The number of anilines is 1. The fourth-order valence-corrected chi connectivity index (χ4v) is 6.06. The first-order valence-electron chi connectivity index (χ1n) is 12.7. The molecule has 6 nitrogen and oxygen atoms in total. The molecule has 1 aliphatic rings. The predicted molar refractivity (Wildman–Crippen MR) is 151 cm³/mol. The zero-order valence-corrected chi connectivity index (χ0v) is 22.1. The number of hydrogen-bond acceptors (Lipinski definition) is 4. The molecule has 1 heterocycles. The van der Waals surface area contributed by atoms with Crippen molar-refractivity contribution in [2.45, 2.75) is 17.9 Å². The summed E-state index contributed by atoms with van der Waals surface area (Å²) in [5.74, 6) is -0.0965. The van der Waals surface area contributed by atoms with Crippen LogP contribution >= 0.6 is 0 Å². The summed E-state index contributed by atoms with van der Waals surface area (Å²) in [6.07, 6.45) is 0. The van der Waals surface area contributed by atoms with Crippen LogP contribution in [0, 0.1) is 6.92 Å². The molecule has 1 fully saturated rings. The van der Waals surface area contributed by atoms with Crippen LogP contribution in [0.1, 0.15) is 33.1 Å². The molecule has 1 N–H and O–H groups in total. The normalized spacial score (nSPS) is 14.4. The lowest BCUT2D eigenvalue weighted by Crippen LogP contribution is -2.49. The number of nitrogens with one attached hydrogen (secondary N) is 1. The number of carbonyl (C=O) groups is 1. The van der Waals surface area contributed by atoms with Crippen molar-refractivity contribution in [3.8, 4) is 0 Å². The number of rotatable bonds is 7. The molecule has 4 aromatic rings. The first-order valence-corrected chi connectivity index (χ1v) is 14.2. The Morgan fingerprint density at radius 2 is 1.26 bits per heavy atom. The molecule has 0 aromatic heterocycles. The van der Waals surface area contributed by atoms with Crippen LogP contribution in [-0.4, -0.2) is 50.3 Å². The minimum absolute atomic E-state index is 0.0965. The number of nitrogens with zero attached hydrogens (tertiary/aromatic N) is 2. The van der Waals surface area contributed by atoms with Gasteiger partial charge in [0.15, 0.2) is 0 Å².